The van der Waals surface area contributed by atoms with Gasteiger partial charge in [-0.3, -0.25) is 9.59 Å². The SMILES string of the molecule is N#Cc1ccc(C(=O)Nc2sc3c(c2C(=O)N2CCOCC2)CCCC3)cc1. The fraction of sp³-hybridized carbons (Fsp3) is 0.381. The van der Waals surface area contributed by atoms with Gasteiger partial charge in [-0.15, -0.1) is 11.3 Å². The van der Waals surface area contributed by atoms with Crippen LogP contribution in [0.1, 0.15) is 49.6 Å². The number of carbonyl (C=O) groups excluding carboxylic acids is 2. The van der Waals surface area contributed by atoms with E-state index in [2.05, 4.69) is 5.32 Å². The van der Waals surface area contributed by atoms with E-state index in [1.54, 1.807) is 24.3 Å². The number of thiophene rings is 1. The van der Waals surface area contributed by atoms with Gasteiger partial charge in [0, 0.05) is 23.5 Å². The highest BCUT2D eigenvalue weighted by Gasteiger charge is 2.30. The lowest BCUT2D eigenvalue weighted by Crippen LogP contribution is -2.41. The predicted molar refractivity (Wildman–Crippen MR) is 107 cm³/mol. The van der Waals surface area contributed by atoms with Crippen molar-refractivity contribution < 1.29 is 14.3 Å². The minimum absolute atomic E-state index is 0.0159. The average Bonchev–Trinajstić information content (AvgIpc) is 3.11. The molecule has 0 radical (unpaired) electrons. The van der Waals surface area contributed by atoms with E-state index in [9.17, 15) is 9.59 Å². The second-order valence-electron chi connectivity index (χ2n) is 6.96. The van der Waals surface area contributed by atoms with Crippen LogP contribution < -0.4 is 5.32 Å². The summed E-state index contributed by atoms with van der Waals surface area (Å²) in [5.74, 6) is -0.281. The monoisotopic (exact) mass is 395 g/mol. The molecule has 1 aromatic heterocycles. The molecule has 2 amide bonds. The topological polar surface area (TPSA) is 82.4 Å². The predicted octanol–water partition coefficient (Wildman–Crippen LogP) is 3.22. The fourth-order valence-corrected chi connectivity index (χ4v) is 4.95. The standard InChI is InChI=1S/C21H21N3O3S/c22-13-14-5-7-15(8-6-14)19(25)23-20-18(16-3-1-2-4-17(16)28-20)21(26)24-9-11-27-12-10-24/h5-8H,1-4,9-12H2,(H,23,25). The van der Waals surface area contributed by atoms with Crippen molar-refractivity contribution in [3.63, 3.8) is 0 Å². The summed E-state index contributed by atoms with van der Waals surface area (Å²) in [6, 6.07) is 8.54. The van der Waals surface area contributed by atoms with E-state index in [0.717, 1.165) is 31.2 Å². The molecule has 0 atom stereocenters. The summed E-state index contributed by atoms with van der Waals surface area (Å²) in [5, 5.41) is 12.5. The van der Waals surface area contributed by atoms with Crippen LogP contribution in [0.2, 0.25) is 0 Å². The number of anilines is 1. The number of nitrogens with one attached hydrogen (secondary N) is 1. The molecule has 1 aromatic carbocycles. The zero-order chi connectivity index (χ0) is 19.5. The Kier molecular flexibility index (Phi) is 5.42. The molecule has 7 heteroatoms. The van der Waals surface area contributed by atoms with Crippen molar-refractivity contribution in [2.45, 2.75) is 25.7 Å². The first-order valence-electron chi connectivity index (χ1n) is 9.50. The third-order valence-corrected chi connectivity index (χ3v) is 6.39. The average molecular weight is 395 g/mol. The maximum Gasteiger partial charge on any atom is 0.257 e. The molecule has 6 nitrogen and oxygen atoms in total. The Hall–Kier alpha value is -2.69. The second-order valence-corrected chi connectivity index (χ2v) is 8.07. The number of ether oxygens (including phenoxy) is 1. The summed E-state index contributed by atoms with van der Waals surface area (Å²) < 4.78 is 5.37. The molecule has 1 aliphatic carbocycles. The molecule has 4 rings (SSSR count). The number of amides is 2. The van der Waals surface area contributed by atoms with Gasteiger partial charge in [0.2, 0.25) is 0 Å². The molecule has 2 aromatic rings. The van der Waals surface area contributed by atoms with E-state index < -0.39 is 0 Å². The van der Waals surface area contributed by atoms with Gasteiger partial charge in [0.05, 0.1) is 30.4 Å². The summed E-state index contributed by atoms with van der Waals surface area (Å²) in [6.45, 7) is 2.24. The lowest BCUT2D eigenvalue weighted by molar-refractivity contribution is 0.0303. The Bertz CT molecular complexity index is 937. The zero-order valence-electron chi connectivity index (χ0n) is 15.5. The summed E-state index contributed by atoms with van der Waals surface area (Å²) >= 11 is 1.52. The molecule has 2 heterocycles. The summed E-state index contributed by atoms with van der Waals surface area (Å²) in [4.78, 5) is 29.0. The number of hydrogen-bond acceptors (Lipinski definition) is 5. The minimum Gasteiger partial charge on any atom is -0.378 e. The summed E-state index contributed by atoms with van der Waals surface area (Å²) in [6.07, 6.45) is 4.01. The molecule has 1 saturated heterocycles. The largest absolute Gasteiger partial charge is 0.378 e. The number of carbonyl (C=O) groups is 2. The smallest absolute Gasteiger partial charge is 0.257 e. The molecular weight excluding hydrogens is 374 g/mol. The Morgan fingerprint density at radius 1 is 1.11 bits per heavy atom. The van der Waals surface area contributed by atoms with Gasteiger partial charge in [0.25, 0.3) is 11.8 Å². The number of rotatable bonds is 3. The lowest BCUT2D eigenvalue weighted by atomic mass is 9.95. The van der Waals surface area contributed by atoms with Gasteiger partial charge in [-0.2, -0.15) is 5.26 Å². The molecule has 0 unspecified atom stereocenters. The van der Waals surface area contributed by atoms with Crippen LogP contribution in [0.3, 0.4) is 0 Å². The van der Waals surface area contributed by atoms with Crippen LogP contribution in [0.4, 0.5) is 5.00 Å². The fourth-order valence-electron chi connectivity index (χ4n) is 3.68. The maximum absolute atomic E-state index is 13.2. The highest BCUT2D eigenvalue weighted by molar-refractivity contribution is 7.17. The van der Waals surface area contributed by atoms with Gasteiger partial charge in [-0.25, -0.2) is 0 Å². The van der Waals surface area contributed by atoms with Crippen molar-refractivity contribution in [3.05, 3.63) is 51.4 Å². The number of benzene rings is 1. The molecule has 144 valence electrons. The van der Waals surface area contributed by atoms with Crippen molar-refractivity contribution in [1.82, 2.24) is 4.90 Å². The number of fused-ring (bicyclic) bond motifs is 1. The van der Waals surface area contributed by atoms with Crippen molar-refractivity contribution in [2.24, 2.45) is 0 Å². The van der Waals surface area contributed by atoms with Gasteiger partial charge in [-0.1, -0.05) is 0 Å². The molecule has 1 aliphatic heterocycles. The molecule has 2 aliphatic rings. The second kappa shape index (κ2) is 8.13. The number of hydrogen-bond donors (Lipinski definition) is 1. The van der Waals surface area contributed by atoms with Crippen molar-refractivity contribution >= 4 is 28.2 Å². The Balaban J connectivity index is 1.64. The van der Waals surface area contributed by atoms with E-state index in [0.29, 0.717) is 48.0 Å². The third kappa shape index (κ3) is 3.66. The number of nitriles is 1. The van der Waals surface area contributed by atoms with E-state index in [1.807, 2.05) is 11.0 Å². The van der Waals surface area contributed by atoms with Crippen LogP contribution in [0, 0.1) is 11.3 Å². The number of aryl methyl sites for hydroxylation is 1. The molecule has 1 fully saturated rings. The Labute approximate surface area is 167 Å². The van der Waals surface area contributed by atoms with Crippen molar-refractivity contribution in [1.29, 1.82) is 5.26 Å². The van der Waals surface area contributed by atoms with Gasteiger partial charge >= 0.3 is 0 Å². The quantitative estimate of drug-likeness (QED) is 0.865. The molecule has 28 heavy (non-hydrogen) atoms. The number of morpholine rings is 1. The van der Waals surface area contributed by atoms with Crippen molar-refractivity contribution in [2.75, 3.05) is 31.6 Å². The maximum atomic E-state index is 13.2. The van der Waals surface area contributed by atoms with Crippen LogP contribution in [0.5, 0.6) is 0 Å². The van der Waals surface area contributed by atoms with Gasteiger partial charge < -0.3 is 15.0 Å². The molecular formula is C21H21N3O3S. The first-order valence-corrected chi connectivity index (χ1v) is 10.3. The highest BCUT2D eigenvalue weighted by Crippen LogP contribution is 2.39. The molecule has 0 spiro atoms. The molecule has 1 N–H and O–H groups in total. The highest BCUT2D eigenvalue weighted by atomic mass is 32.1. The first-order chi connectivity index (χ1) is 13.7. The normalized spacial score (nSPS) is 16.2. The van der Waals surface area contributed by atoms with Crippen LogP contribution in [-0.4, -0.2) is 43.0 Å². The van der Waals surface area contributed by atoms with Crippen LogP contribution in [0.25, 0.3) is 0 Å². The zero-order valence-corrected chi connectivity index (χ0v) is 16.3. The van der Waals surface area contributed by atoms with Gasteiger partial charge in [0.15, 0.2) is 0 Å². The van der Waals surface area contributed by atoms with Crippen LogP contribution in [-0.2, 0) is 17.6 Å². The summed E-state index contributed by atoms with van der Waals surface area (Å²) in [7, 11) is 0. The van der Waals surface area contributed by atoms with E-state index in [-0.39, 0.29) is 11.8 Å². The van der Waals surface area contributed by atoms with E-state index >= 15 is 0 Å². The Morgan fingerprint density at radius 2 is 1.82 bits per heavy atom. The minimum atomic E-state index is -0.265. The Morgan fingerprint density at radius 3 is 2.54 bits per heavy atom. The van der Waals surface area contributed by atoms with Crippen molar-refractivity contribution in [3.8, 4) is 6.07 Å². The van der Waals surface area contributed by atoms with E-state index in [4.69, 9.17) is 10.00 Å². The lowest BCUT2D eigenvalue weighted by Gasteiger charge is -2.27. The molecule has 0 saturated carbocycles. The van der Waals surface area contributed by atoms with Gasteiger partial charge in [0.1, 0.15) is 5.00 Å². The van der Waals surface area contributed by atoms with Gasteiger partial charge in [-0.05, 0) is 55.5 Å². The first kappa shape index (κ1) is 18.7. The van der Waals surface area contributed by atoms with E-state index in [1.165, 1.54) is 16.2 Å². The number of nitrogens with zero attached hydrogens (tertiary/aromatic N) is 2. The molecule has 0 bridgehead atoms. The third-order valence-electron chi connectivity index (χ3n) is 5.19. The van der Waals surface area contributed by atoms with Crippen LogP contribution in [0.15, 0.2) is 24.3 Å². The summed E-state index contributed by atoms with van der Waals surface area (Å²) in [5.41, 5.74) is 2.73. The van der Waals surface area contributed by atoms with Crippen LogP contribution >= 0.6 is 11.3 Å².